The summed E-state index contributed by atoms with van der Waals surface area (Å²) in [6.07, 6.45) is 5.81. The molecule has 0 aliphatic heterocycles. The molecular formula is C22H31N3O2. The Morgan fingerprint density at radius 2 is 1.96 bits per heavy atom. The number of hydrogen-bond donors (Lipinski definition) is 2. The van der Waals surface area contributed by atoms with E-state index in [2.05, 4.69) is 17.6 Å². The normalized spacial score (nSPS) is 21.0. The molecule has 3 unspecified atom stereocenters. The average Bonchev–Trinajstić information content (AvgIpc) is 2.99. The molecule has 1 heterocycles. The van der Waals surface area contributed by atoms with Gasteiger partial charge < -0.3 is 15.2 Å². The number of benzene rings is 1. The van der Waals surface area contributed by atoms with Crippen LogP contribution >= 0.6 is 0 Å². The summed E-state index contributed by atoms with van der Waals surface area (Å²) >= 11 is 0. The van der Waals surface area contributed by atoms with Crippen molar-refractivity contribution < 1.29 is 9.59 Å². The number of aryl methyl sites for hydroxylation is 1. The molecule has 146 valence electrons. The number of carbonyl (C=O) groups excluding carboxylic acids is 2. The number of hydrogen-bond acceptors (Lipinski definition) is 2. The fourth-order valence-corrected chi connectivity index (χ4v) is 4.22. The van der Waals surface area contributed by atoms with Crippen molar-refractivity contribution in [3.05, 3.63) is 36.0 Å². The fourth-order valence-electron chi connectivity index (χ4n) is 4.22. The van der Waals surface area contributed by atoms with Gasteiger partial charge >= 0.3 is 0 Å². The van der Waals surface area contributed by atoms with Gasteiger partial charge in [-0.25, -0.2) is 0 Å². The third kappa shape index (κ3) is 4.34. The summed E-state index contributed by atoms with van der Waals surface area (Å²) in [6, 6.07) is 9.98. The average molecular weight is 370 g/mol. The molecule has 1 fully saturated rings. The molecule has 0 spiro atoms. The van der Waals surface area contributed by atoms with Crippen molar-refractivity contribution in [1.82, 2.24) is 15.2 Å². The highest BCUT2D eigenvalue weighted by Crippen LogP contribution is 2.26. The summed E-state index contributed by atoms with van der Waals surface area (Å²) in [5, 5.41) is 7.34. The number of fused-ring (bicyclic) bond motifs is 1. The van der Waals surface area contributed by atoms with E-state index >= 15 is 0 Å². The van der Waals surface area contributed by atoms with E-state index in [0.717, 1.165) is 49.4 Å². The molecule has 2 amide bonds. The van der Waals surface area contributed by atoms with Gasteiger partial charge in [-0.1, -0.05) is 44.4 Å². The van der Waals surface area contributed by atoms with Crippen molar-refractivity contribution in [2.24, 2.45) is 13.0 Å². The smallest absolute Gasteiger partial charge is 0.268 e. The first-order valence-electron chi connectivity index (χ1n) is 10.2. The highest BCUT2D eigenvalue weighted by Gasteiger charge is 2.33. The highest BCUT2D eigenvalue weighted by atomic mass is 16.2. The second-order valence-electron chi connectivity index (χ2n) is 7.82. The molecule has 0 saturated heterocycles. The zero-order valence-corrected chi connectivity index (χ0v) is 16.6. The predicted molar refractivity (Wildman–Crippen MR) is 109 cm³/mol. The lowest BCUT2D eigenvalue weighted by molar-refractivity contribution is -0.127. The van der Waals surface area contributed by atoms with E-state index in [1.165, 1.54) is 0 Å². The minimum atomic E-state index is -0.142. The van der Waals surface area contributed by atoms with Gasteiger partial charge in [-0.15, -0.1) is 0 Å². The summed E-state index contributed by atoms with van der Waals surface area (Å²) < 4.78 is 1.92. The maximum atomic E-state index is 12.9. The van der Waals surface area contributed by atoms with Crippen molar-refractivity contribution >= 4 is 22.7 Å². The maximum absolute atomic E-state index is 12.9. The lowest BCUT2D eigenvalue weighted by Crippen LogP contribution is -2.50. The first-order chi connectivity index (χ1) is 13.0. The second-order valence-corrected chi connectivity index (χ2v) is 7.82. The molecule has 2 N–H and O–H groups in total. The summed E-state index contributed by atoms with van der Waals surface area (Å²) in [5.41, 5.74) is 1.68. The molecule has 5 heteroatoms. The molecule has 1 aliphatic carbocycles. The number of nitrogens with one attached hydrogen (secondary N) is 2. The standard InChI is InChI=1S/C22H31N3O2/c1-4-9-15(2)23-21(26)17-11-6-7-12-18(17)24-22(27)20-14-16-10-5-8-13-19(16)25(20)3/h5,8,10,13-15,17-18H,4,6-7,9,11-12H2,1-3H3,(H,23,26)(H,24,27). The zero-order valence-electron chi connectivity index (χ0n) is 16.6. The topological polar surface area (TPSA) is 63.1 Å². The molecule has 5 nitrogen and oxygen atoms in total. The predicted octanol–water partition coefficient (Wildman–Crippen LogP) is 3.77. The van der Waals surface area contributed by atoms with E-state index in [0.29, 0.717) is 5.69 Å². The summed E-state index contributed by atoms with van der Waals surface area (Å²) in [7, 11) is 1.91. The minimum Gasteiger partial charge on any atom is -0.353 e. The third-order valence-corrected chi connectivity index (χ3v) is 5.71. The highest BCUT2D eigenvalue weighted by molar-refractivity contribution is 5.99. The van der Waals surface area contributed by atoms with Crippen LogP contribution in [-0.4, -0.2) is 28.5 Å². The van der Waals surface area contributed by atoms with Crippen LogP contribution in [0.2, 0.25) is 0 Å². The Labute approximate surface area is 161 Å². The molecule has 0 radical (unpaired) electrons. The summed E-state index contributed by atoms with van der Waals surface area (Å²) in [4.78, 5) is 25.7. The molecule has 3 rings (SSSR count). The summed E-state index contributed by atoms with van der Waals surface area (Å²) in [5.74, 6) is -0.158. The Morgan fingerprint density at radius 1 is 1.22 bits per heavy atom. The van der Waals surface area contributed by atoms with Gasteiger partial charge in [0.05, 0.1) is 5.92 Å². The van der Waals surface area contributed by atoms with Crippen LogP contribution in [0.1, 0.15) is 62.9 Å². The van der Waals surface area contributed by atoms with E-state index in [9.17, 15) is 9.59 Å². The van der Waals surface area contributed by atoms with Crippen LogP contribution in [-0.2, 0) is 11.8 Å². The molecule has 3 atom stereocenters. The van der Waals surface area contributed by atoms with Crippen LogP contribution in [0.3, 0.4) is 0 Å². The Balaban J connectivity index is 1.72. The minimum absolute atomic E-state index is 0.0815. The van der Waals surface area contributed by atoms with Crippen LogP contribution in [0.4, 0.5) is 0 Å². The van der Waals surface area contributed by atoms with Crippen LogP contribution in [0.15, 0.2) is 30.3 Å². The maximum Gasteiger partial charge on any atom is 0.268 e. The fraction of sp³-hybridized carbons (Fsp3) is 0.545. The van der Waals surface area contributed by atoms with E-state index in [1.54, 1.807) is 0 Å². The number of carbonyl (C=O) groups is 2. The first kappa shape index (κ1) is 19.5. The van der Waals surface area contributed by atoms with Crippen LogP contribution in [0.5, 0.6) is 0 Å². The van der Waals surface area contributed by atoms with Gasteiger partial charge in [0.1, 0.15) is 5.69 Å². The van der Waals surface area contributed by atoms with Gasteiger partial charge in [0.25, 0.3) is 5.91 Å². The van der Waals surface area contributed by atoms with Crippen LogP contribution in [0, 0.1) is 5.92 Å². The van der Waals surface area contributed by atoms with Crippen molar-refractivity contribution in [3.8, 4) is 0 Å². The number of para-hydroxylation sites is 1. The third-order valence-electron chi connectivity index (χ3n) is 5.71. The molecular weight excluding hydrogens is 338 g/mol. The molecule has 1 aromatic carbocycles. The van der Waals surface area contributed by atoms with Crippen molar-refractivity contribution in [2.75, 3.05) is 0 Å². The van der Waals surface area contributed by atoms with Crippen molar-refractivity contribution in [2.45, 2.75) is 64.5 Å². The van der Waals surface area contributed by atoms with E-state index in [4.69, 9.17) is 0 Å². The van der Waals surface area contributed by atoms with Crippen molar-refractivity contribution in [3.63, 3.8) is 0 Å². The monoisotopic (exact) mass is 369 g/mol. The number of rotatable bonds is 6. The first-order valence-corrected chi connectivity index (χ1v) is 10.2. The largest absolute Gasteiger partial charge is 0.353 e. The van der Waals surface area contributed by atoms with Gasteiger partial charge in [0.2, 0.25) is 5.91 Å². The Hall–Kier alpha value is -2.30. The number of aromatic nitrogens is 1. The van der Waals surface area contributed by atoms with E-state index < -0.39 is 0 Å². The van der Waals surface area contributed by atoms with Gasteiger partial charge in [0.15, 0.2) is 0 Å². The Kier molecular flexibility index (Phi) is 6.19. The number of nitrogens with zero attached hydrogens (tertiary/aromatic N) is 1. The van der Waals surface area contributed by atoms with E-state index in [1.807, 2.05) is 48.9 Å². The van der Waals surface area contributed by atoms with Crippen molar-refractivity contribution in [1.29, 1.82) is 0 Å². The second kappa shape index (κ2) is 8.59. The molecule has 27 heavy (non-hydrogen) atoms. The van der Waals surface area contributed by atoms with E-state index in [-0.39, 0.29) is 29.8 Å². The summed E-state index contributed by atoms with van der Waals surface area (Å²) in [6.45, 7) is 4.17. The van der Waals surface area contributed by atoms with Gasteiger partial charge in [0, 0.05) is 30.0 Å². The molecule has 2 aromatic rings. The molecule has 1 aliphatic rings. The zero-order chi connectivity index (χ0) is 19.4. The number of amides is 2. The molecule has 1 saturated carbocycles. The molecule has 1 aromatic heterocycles. The lowest BCUT2D eigenvalue weighted by atomic mass is 9.83. The van der Waals surface area contributed by atoms with Gasteiger partial charge in [-0.05, 0) is 38.3 Å². The van der Waals surface area contributed by atoms with Crippen LogP contribution < -0.4 is 10.6 Å². The van der Waals surface area contributed by atoms with Gasteiger partial charge in [-0.3, -0.25) is 9.59 Å². The SMILES string of the molecule is CCCC(C)NC(=O)C1CCCCC1NC(=O)c1cc2ccccc2n1C. The Bertz CT molecular complexity index is 811. The molecule has 0 bridgehead atoms. The lowest BCUT2D eigenvalue weighted by Gasteiger charge is -2.32. The van der Waals surface area contributed by atoms with Gasteiger partial charge in [-0.2, -0.15) is 0 Å². The Morgan fingerprint density at radius 3 is 2.70 bits per heavy atom. The van der Waals surface area contributed by atoms with Crippen LogP contribution in [0.25, 0.3) is 10.9 Å². The quantitative estimate of drug-likeness (QED) is 0.814.